The van der Waals surface area contributed by atoms with E-state index in [0.717, 1.165) is 28.1 Å². The summed E-state index contributed by atoms with van der Waals surface area (Å²) in [6.07, 6.45) is 0.952. The van der Waals surface area contributed by atoms with Crippen molar-refractivity contribution in [3.63, 3.8) is 0 Å². The second-order valence-corrected chi connectivity index (χ2v) is 6.12. The topological polar surface area (TPSA) is 17.1 Å². The Balaban J connectivity index is 1.80. The lowest BCUT2D eigenvalue weighted by Gasteiger charge is -2.06. The Hall–Kier alpha value is -1.60. The molecule has 3 rings (SSSR count). The van der Waals surface area contributed by atoms with Gasteiger partial charge in [-0.3, -0.25) is 4.79 Å². The molecule has 1 fully saturated rings. The number of rotatable bonds is 3. The fraction of sp³-hybridized carbons (Fsp3) is 0.278. The summed E-state index contributed by atoms with van der Waals surface area (Å²) in [5.74, 6) is 0.780. The van der Waals surface area contributed by atoms with E-state index >= 15 is 0 Å². The molecule has 102 valence electrons. The lowest BCUT2D eigenvalue weighted by molar-refractivity contribution is 0.0964. The van der Waals surface area contributed by atoms with Crippen LogP contribution in [0.5, 0.6) is 0 Å². The molecule has 0 aromatic heterocycles. The fourth-order valence-electron chi connectivity index (χ4n) is 2.76. The number of carbonyl (C=O) groups is 1. The van der Waals surface area contributed by atoms with E-state index in [1.807, 2.05) is 50.2 Å². The quantitative estimate of drug-likeness (QED) is 0.729. The maximum absolute atomic E-state index is 12.6. The molecule has 1 saturated carbocycles. The van der Waals surface area contributed by atoms with Gasteiger partial charge in [-0.05, 0) is 55.5 Å². The molecule has 1 aliphatic carbocycles. The van der Waals surface area contributed by atoms with Gasteiger partial charge in [0.05, 0.1) is 0 Å². The van der Waals surface area contributed by atoms with Gasteiger partial charge in [0.15, 0.2) is 5.78 Å². The van der Waals surface area contributed by atoms with Crippen molar-refractivity contribution in [2.24, 2.45) is 5.92 Å². The molecule has 0 amide bonds. The highest BCUT2D eigenvalue weighted by atomic mass is 35.5. The minimum absolute atomic E-state index is 0.136. The number of hydrogen-bond acceptors (Lipinski definition) is 1. The lowest BCUT2D eigenvalue weighted by atomic mass is 9.97. The van der Waals surface area contributed by atoms with Gasteiger partial charge in [-0.25, -0.2) is 0 Å². The molecule has 0 spiro atoms. The summed E-state index contributed by atoms with van der Waals surface area (Å²) in [6, 6.07) is 13.9. The highest BCUT2D eigenvalue weighted by Gasteiger charge is 2.44. The van der Waals surface area contributed by atoms with Gasteiger partial charge in [0, 0.05) is 16.5 Å². The first-order chi connectivity index (χ1) is 9.56. The molecule has 0 bridgehead atoms. The van der Waals surface area contributed by atoms with Gasteiger partial charge < -0.3 is 0 Å². The van der Waals surface area contributed by atoms with E-state index in [-0.39, 0.29) is 11.7 Å². The van der Waals surface area contributed by atoms with Crippen molar-refractivity contribution >= 4 is 17.4 Å². The number of hydrogen-bond donors (Lipinski definition) is 0. The smallest absolute Gasteiger partial charge is 0.166 e. The number of halogens is 1. The van der Waals surface area contributed by atoms with Gasteiger partial charge in [-0.2, -0.15) is 0 Å². The molecule has 20 heavy (non-hydrogen) atoms. The average molecular weight is 285 g/mol. The molecule has 2 atom stereocenters. The van der Waals surface area contributed by atoms with Crippen LogP contribution >= 0.6 is 11.6 Å². The van der Waals surface area contributed by atoms with E-state index in [2.05, 4.69) is 6.07 Å². The minimum atomic E-state index is 0.136. The van der Waals surface area contributed by atoms with Gasteiger partial charge in [-0.1, -0.05) is 41.4 Å². The SMILES string of the molecule is Cc1ccc(C)c(C(=O)C2CC2c2ccc(Cl)cc2)c1. The summed E-state index contributed by atoms with van der Waals surface area (Å²) in [5.41, 5.74) is 4.31. The van der Waals surface area contributed by atoms with Crippen molar-refractivity contribution in [3.8, 4) is 0 Å². The van der Waals surface area contributed by atoms with Crippen LogP contribution in [0.25, 0.3) is 0 Å². The predicted octanol–water partition coefficient (Wildman–Crippen LogP) is 4.94. The Morgan fingerprint density at radius 1 is 1.10 bits per heavy atom. The molecule has 0 radical (unpaired) electrons. The van der Waals surface area contributed by atoms with Crippen molar-refractivity contribution < 1.29 is 4.79 Å². The third-order valence-corrected chi connectivity index (χ3v) is 4.34. The van der Waals surface area contributed by atoms with Crippen LogP contribution in [0, 0.1) is 19.8 Å². The summed E-state index contributed by atoms with van der Waals surface area (Å²) in [4.78, 5) is 12.6. The van der Waals surface area contributed by atoms with Crippen LogP contribution in [0.15, 0.2) is 42.5 Å². The zero-order valence-corrected chi connectivity index (χ0v) is 12.4. The highest BCUT2D eigenvalue weighted by molar-refractivity contribution is 6.30. The van der Waals surface area contributed by atoms with Gasteiger partial charge in [0.2, 0.25) is 0 Å². The Labute approximate surface area is 124 Å². The van der Waals surface area contributed by atoms with Crippen molar-refractivity contribution in [2.75, 3.05) is 0 Å². The second-order valence-electron chi connectivity index (χ2n) is 5.68. The largest absolute Gasteiger partial charge is 0.294 e. The van der Waals surface area contributed by atoms with Crippen LogP contribution in [0.3, 0.4) is 0 Å². The first-order valence-corrected chi connectivity index (χ1v) is 7.31. The first kappa shape index (κ1) is 13.4. The van der Waals surface area contributed by atoms with Gasteiger partial charge in [0.25, 0.3) is 0 Å². The van der Waals surface area contributed by atoms with Crippen LogP contribution in [0.4, 0.5) is 0 Å². The molecule has 0 saturated heterocycles. The van der Waals surface area contributed by atoms with Crippen LogP contribution in [0.1, 0.15) is 39.4 Å². The fourth-order valence-corrected chi connectivity index (χ4v) is 2.89. The summed E-state index contributed by atoms with van der Waals surface area (Å²) in [5, 5.41) is 0.742. The molecule has 2 aromatic carbocycles. The third-order valence-electron chi connectivity index (χ3n) is 4.08. The minimum Gasteiger partial charge on any atom is -0.294 e. The molecule has 2 heteroatoms. The Morgan fingerprint density at radius 2 is 1.80 bits per heavy atom. The van der Waals surface area contributed by atoms with E-state index in [4.69, 9.17) is 11.6 Å². The van der Waals surface area contributed by atoms with Crippen molar-refractivity contribution in [3.05, 3.63) is 69.7 Å². The van der Waals surface area contributed by atoms with Crippen LogP contribution in [-0.4, -0.2) is 5.78 Å². The van der Waals surface area contributed by atoms with E-state index < -0.39 is 0 Å². The third kappa shape index (κ3) is 2.51. The van der Waals surface area contributed by atoms with Gasteiger partial charge in [-0.15, -0.1) is 0 Å². The summed E-state index contributed by atoms with van der Waals surface area (Å²) in [6.45, 7) is 4.03. The number of carbonyl (C=O) groups excluding carboxylic acids is 1. The molecule has 2 aromatic rings. The van der Waals surface area contributed by atoms with E-state index in [9.17, 15) is 4.79 Å². The van der Waals surface area contributed by atoms with Crippen LogP contribution < -0.4 is 0 Å². The zero-order chi connectivity index (χ0) is 14.3. The Morgan fingerprint density at radius 3 is 2.50 bits per heavy atom. The predicted molar refractivity (Wildman–Crippen MR) is 82.5 cm³/mol. The van der Waals surface area contributed by atoms with E-state index in [1.54, 1.807) is 0 Å². The second kappa shape index (κ2) is 5.06. The van der Waals surface area contributed by atoms with Gasteiger partial charge >= 0.3 is 0 Å². The maximum Gasteiger partial charge on any atom is 0.166 e. The molecule has 1 aliphatic rings. The monoisotopic (exact) mass is 284 g/mol. The van der Waals surface area contributed by atoms with Gasteiger partial charge in [0.1, 0.15) is 0 Å². The van der Waals surface area contributed by atoms with Crippen molar-refractivity contribution in [2.45, 2.75) is 26.2 Å². The molecular weight excluding hydrogens is 268 g/mol. The standard InChI is InChI=1S/C18H17ClO/c1-11-3-4-12(2)15(9-11)18(20)17-10-16(17)13-5-7-14(19)8-6-13/h3-9,16-17H,10H2,1-2H3. The van der Waals surface area contributed by atoms with Crippen molar-refractivity contribution in [1.82, 2.24) is 0 Å². The number of ketones is 1. The Kier molecular flexibility index (Phi) is 3.39. The maximum atomic E-state index is 12.6. The summed E-state index contributed by atoms with van der Waals surface area (Å²) >= 11 is 5.90. The summed E-state index contributed by atoms with van der Waals surface area (Å²) in [7, 11) is 0. The van der Waals surface area contributed by atoms with Crippen LogP contribution in [-0.2, 0) is 0 Å². The molecule has 0 heterocycles. The summed E-state index contributed by atoms with van der Waals surface area (Å²) < 4.78 is 0. The van der Waals surface area contributed by atoms with E-state index in [0.29, 0.717) is 5.92 Å². The normalized spacial score (nSPS) is 20.8. The molecule has 0 N–H and O–H groups in total. The highest BCUT2D eigenvalue weighted by Crippen LogP contribution is 2.49. The lowest BCUT2D eigenvalue weighted by Crippen LogP contribution is -2.06. The van der Waals surface area contributed by atoms with Crippen LogP contribution in [0.2, 0.25) is 5.02 Å². The Bertz CT molecular complexity index is 658. The number of Topliss-reactive ketones (excluding diaryl/α,β-unsaturated/α-hetero) is 1. The number of benzene rings is 2. The van der Waals surface area contributed by atoms with Crippen molar-refractivity contribution in [1.29, 1.82) is 0 Å². The van der Waals surface area contributed by atoms with E-state index in [1.165, 1.54) is 5.56 Å². The molecule has 0 aliphatic heterocycles. The average Bonchev–Trinajstić information content (AvgIpc) is 3.22. The molecule has 2 unspecified atom stereocenters. The molecule has 1 nitrogen and oxygen atoms in total. The first-order valence-electron chi connectivity index (χ1n) is 6.93. The zero-order valence-electron chi connectivity index (χ0n) is 11.7. The molecular formula is C18H17ClO. The number of aryl methyl sites for hydroxylation is 2.